The minimum absolute atomic E-state index is 0.172. The van der Waals surface area contributed by atoms with Gasteiger partial charge in [0.2, 0.25) is 0 Å². The molecule has 8 heteroatoms. The second-order valence-electron chi connectivity index (χ2n) is 5.75. The fourth-order valence-corrected chi connectivity index (χ4v) is 4.16. The van der Waals surface area contributed by atoms with E-state index in [0.29, 0.717) is 21.4 Å². The molecule has 0 aliphatic carbocycles. The molecule has 28 heavy (non-hydrogen) atoms. The second-order valence-corrected chi connectivity index (χ2v) is 7.73. The molecule has 2 aromatic heterocycles. The van der Waals surface area contributed by atoms with Gasteiger partial charge in [-0.3, -0.25) is 9.69 Å². The first-order valence-corrected chi connectivity index (χ1v) is 10.0. The Labute approximate surface area is 168 Å². The normalized spacial score (nSPS) is 17.5. The van der Waals surface area contributed by atoms with Crippen molar-refractivity contribution in [2.75, 3.05) is 0 Å². The van der Waals surface area contributed by atoms with E-state index in [1.165, 1.54) is 28.9 Å². The summed E-state index contributed by atoms with van der Waals surface area (Å²) >= 11 is 2.78. The summed E-state index contributed by atoms with van der Waals surface area (Å²) in [6.45, 7) is 0.245. The Bertz CT molecular complexity index is 1060. The van der Waals surface area contributed by atoms with Gasteiger partial charge in [-0.25, -0.2) is 4.39 Å². The van der Waals surface area contributed by atoms with E-state index in [1.54, 1.807) is 47.9 Å². The molecule has 1 fully saturated rings. The van der Waals surface area contributed by atoms with Crippen molar-refractivity contribution in [1.29, 1.82) is 0 Å². The number of carbonyl (C=O) groups excluding carboxylic acids is 1. The number of thiophene rings is 1. The van der Waals surface area contributed by atoms with Crippen LogP contribution in [-0.2, 0) is 11.3 Å². The van der Waals surface area contributed by atoms with E-state index in [-0.39, 0.29) is 18.3 Å². The van der Waals surface area contributed by atoms with E-state index in [1.807, 2.05) is 23.6 Å². The van der Waals surface area contributed by atoms with Crippen LogP contribution in [0.25, 0.3) is 6.08 Å². The van der Waals surface area contributed by atoms with Gasteiger partial charge in [-0.1, -0.05) is 24.3 Å². The Kier molecular flexibility index (Phi) is 5.50. The van der Waals surface area contributed by atoms with Crippen LogP contribution in [-0.4, -0.2) is 22.2 Å². The standard InChI is InChI=1S/C20H14FN3O2S2/c21-17-8-2-1-5-14(17)12-22-23-20-24(13-15-6-3-9-26-15)19(25)18(28-20)11-16-7-4-10-27-16/h1-12H,13H2/b18-11-,22-12+,23-20-. The van der Waals surface area contributed by atoms with Gasteiger partial charge in [0.05, 0.1) is 23.9 Å². The number of benzene rings is 1. The number of furan rings is 1. The van der Waals surface area contributed by atoms with Crippen molar-refractivity contribution < 1.29 is 13.6 Å². The van der Waals surface area contributed by atoms with Gasteiger partial charge < -0.3 is 4.42 Å². The first-order chi connectivity index (χ1) is 13.7. The summed E-state index contributed by atoms with van der Waals surface area (Å²) in [5.74, 6) is 0.0825. The van der Waals surface area contributed by atoms with Gasteiger partial charge in [0.15, 0.2) is 5.17 Å². The molecule has 1 aromatic carbocycles. The molecule has 1 saturated heterocycles. The molecule has 1 aliphatic rings. The van der Waals surface area contributed by atoms with Crippen molar-refractivity contribution in [3.63, 3.8) is 0 Å². The second kappa shape index (κ2) is 8.37. The SMILES string of the molecule is O=C1/C(=C/c2cccs2)S/C(=N\N=C\c2ccccc2F)N1Cc1ccco1. The van der Waals surface area contributed by atoms with Crippen molar-refractivity contribution in [2.45, 2.75) is 6.54 Å². The van der Waals surface area contributed by atoms with Crippen molar-refractivity contribution in [3.05, 3.63) is 87.1 Å². The van der Waals surface area contributed by atoms with Crippen LogP contribution in [0.4, 0.5) is 4.39 Å². The molecule has 1 amide bonds. The first-order valence-electron chi connectivity index (χ1n) is 8.33. The Morgan fingerprint density at radius 2 is 2.04 bits per heavy atom. The number of nitrogens with zero attached hydrogens (tertiary/aromatic N) is 3. The van der Waals surface area contributed by atoms with Gasteiger partial charge in [0.1, 0.15) is 11.6 Å². The van der Waals surface area contributed by atoms with Gasteiger partial charge in [-0.2, -0.15) is 5.10 Å². The molecular formula is C20H14FN3O2S2. The highest BCUT2D eigenvalue weighted by Gasteiger charge is 2.34. The van der Waals surface area contributed by atoms with Crippen LogP contribution in [0, 0.1) is 5.82 Å². The molecule has 140 valence electrons. The molecule has 0 spiro atoms. The lowest BCUT2D eigenvalue weighted by atomic mass is 10.2. The van der Waals surface area contributed by atoms with Gasteiger partial charge in [-0.15, -0.1) is 16.4 Å². The summed E-state index contributed by atoms with van der Waals surface area (Å²) in [7, 11) is 0. The number of hydrogen-bond donors (Lipinski definition) is 0. The summed E-state index contributed by atoms with van der Waals surface area (Å²) in [5, 5.41) is 10.5. The quantitative estimate of drug-likeness (QED) is 0.338. The summed E-state index contributed by atoms with van der Waals surface area (Å²) in [6.07, 6.45) is 4.72. The van der Waals surface area contributed by atoms with Gasteiger partial charge in [0.25, 0.3) is 5.91 Å². The molecular weight excluding hydrogens is 397 g/mol. The molecule has 1 aliphatic heterocycles. The van der Waals surface area contributed by atoms with Crippen LogP contribution in [0.3, 0.4) is 0 Å². The first kappa shape index (κ1) is 18.4. The van der Waals surface area contributed by atoms with Crippen LogP contribution >= 0.6 is 23.1 Å². The third-order valence-corrected chi connectivity index (χ3v) is 5.66. The molecule has 3 aromatic rings. The Morgan fingerprint density at radius 3 is 2.79 bits per heavy atom. The van der Waals surface area contributed by atoms with Crippen molar-refractivity contribution in [2.24, 2.45) is 10.2 Å². The maximum atomic E-state index is 13.7. The number of rotatable bonds is 5. The zero-order valence-corrected chi connectivity index (χ0v) is 16.1. The fourth-order valence-electron chi connectivity index (χ4n) is 2.50. The van der Waals surface area contributed by atoms with Crippen molar-refractivity contribution in [1.82, 2.24) is 4.90 Å². The summed E-state index contributed by atoms with van der Waals surface area (Å²) < 4.78 is 19.1. The average molecular weight is 411 g/mol. The summed E-state index contributed by atoms with van der Waals surface area (Å²) in [6, 6.07) is 13.7. The zero-order valence-electron chi connectivity index (χ0n) is 14.5. The topological polar surface area (TPSA) is 58.2 Å². The number of carbonyl (C=O) groups is 1. The monoisotopic (exact) mass is 411 g/mol. The third-order valence-electron chi connectivity index (χ3n) is 3.84. The van der Waals surface area contributed by atoms with Gasteiger partial charge in [0, 0.05) is 10.4 Å². The molecule has 3 heterocycles. The molecule has 0 bridgehead atoms. The van der Waals surface area contributed by atoms with Crippen molar-refractivity contribution >= 4 is 46.5 Å². The zero-order chi connectivity index (χ0) is 19.3. The molecule has 4 rings (SSSR count). The number of halogens is 1. The lowest BCUT2D eigenvalue weighted by molar-refractivity contribution is -0.122. The van der Waals surface area contributed by atoms with E-state index >= 15 is 0 Å². The maximum absolute atomic E-state index is 13.7. The Morgan fingerprint density at radius 1 is 1.14 bits per heavy atom. The minimum Gasteiger partial charge on any atom is -0.467 e. The smallest absolute Gasteiger partial charge is 0.267 e. The summed E-state index contributed by atoms with van der Waals surface area (Å²) in [4.78, 5) is 15.9. The highest BCUT2D eigenvalue weighted by molar-refractivity contribution is 8.18. The minimum atomic E-state index is -0.382. The summed E-state index contributed by atoms with van der Waals surface area (Å²) in [5.41, 5.74) is 0.327. The highest BCUT2D eigenvalue weighted by Crippen LogP contribution is 2.34. The largest absolute Gasteiger partial charge is 0.467 e. The predicted molar refractivity (Wildman–Crippen MR) is 111 cm³/mol. The van der Waals surface area contributed by atoms with Crippen LogP contribution in [0.5, 0.6) is 0 Å². The maximum Gasteiger partial charge on any atom is 0.267 e. The fraction of sp³-hybridized carbons (Fsp3) is 0.0500. The molecule has 0 saturated carbocycles. The lowest BCUT2D eigenvalue weighted by Crippen LogP contribution is -2.28. The lowest BCUT2D eigenvalue weighted by Gasteiger charge is -2.12. The molecule has 0 atom stereocenters. The highest BCUT2D eigenvalue weighted by atomic mass is 32.2. The van der Waals surface area contributed by atoms with Crippen LogP contribution in [0.15, 0.2) is 79.7 Å². The van der Waals surface area contributed by atoms with Crippen LogP contribution in [0.2, 0.25) is 0 Å². The molecule has 0 radical (unpaired) electrons. The molecule has 0 unspecified atom stereocenters. The van der Waals surface area contributed by atoms with E-state index < -0.39 is 0 Å². The van der Waals surface area contributed by atoms with Crippen LogP contribution in [0.1, 0.15) is 16.2 Å². The number of amides is 1. The van der Waals surface area contributed by atoms with E-state index in [4.69, 9.17) is 4.42 Å². The van der Waals surface area contributed by atoms with E-state index in [0.717, 1.165) is 4.88 Å². The number of hydrogen-bond acceptors (Lipinski definition) is 6. The van der Waals surface area contributed by atoms with Gasteiger partial charge >= 0.3 is 0 Å². The Balaban J connectivity index is 1.62. The number of amidine groups is 1. The van der Waals surface area contributed by atoms with Gasteiger partial charge in [-0.05, 0) is 47.5 Å². The third kappa shape index (κ3) is 4.13. The average Bonchev–Trinajstić information content (AvgIpc) is 3.44. The van der Waals surface area contributed by atoms with E-state index in [9.17, 15) is 9.18 Å². The molecule has 5 nitrogen and oxygen atoms in total. The van der Waals surface area contributed by atoms with Crippen LogP contribution < -0.4 is 0 Å². The molecule has 0 N–H and O–H groups in total. The Hall–Kier alpha value is -2.97. The number of thioether (sulfide) groups is 1. The van der Waals surface area contributed by atoms with Crippen molar-refractivity contribution in [3.8, 4) is 0 Å². The predicted octanol–water partition coefficient (Wildman–Crippen LogP) is 4.99. The van der Waals surface area contributed by atoms with E-state index in [2.05, 4.69) is 10.2 Å².